The number of nitrogens with zero attached hydrogens (tertiary/aromatic N) is 1. The van der Waals surface area contributed by atoms with Crippen molar-refractivity contribution in [3.05, 3.63) is 22.6 Å². The molecule has 3 N–H and O–H groups in total. The highest BCUT2D eigenvalue weighted by Crippen LogP contribution is 1.97. The van der Waals surface area contributed by atoms with E-state index < -0.39 is 0 Å². The van der Waals surface area contributed by atoms with E-state index >= 15 is 0 Å². The van der Waals surface area contributed by atoms with Crippen molar-refractivity contribution in [2.24, 2.45) is 0 Å². The molecule has 0 atom stereocenters. The average Bonchev–Trinajstić information content (AvgIpc) is 2.29. The molecule has 94 valence electrons. The van der Waals surface area contributed by atoms with Gasteiger partial charge in [-0.2, -0.15) is 0 Å². The van der Waals surface area contributed by atoms with Gasteiger partial charge in [0, 0.05) is 18.8 Å². The summed E-state index contributed by atoms with van der Waals surface area (Å²) < 4.78 is 0. The zero-order chi connectivity index (χ0) is 12.5. The zero-order valence-electron chi connectivity index (χ0n) is 9.95. The topological polar surface area (TPSA) is 86.9 Å². The summed E-state index contributed by atoms with van der Waals surface area (Å²) in [6.45, 7) is 2.76. The van der Waals surface area contributed by atoms with Crippen LogP contribution in [0.25, 0.3) is 0 Å². The molecule has 17 heavy (non-hydrogen) atoms. The molecule has 1 heterocycles. The van der Waals surface area contributed by atoms with Gasteiger partial charge in [-0.25, -0.2) is 9.78 Å². The molecule has 0 aliphatic rings. The number of aromatic nitrogens is 2. The molecule has 0 radical (unpaired) electrons. The first kappa shape index (κ1) is 13.2. The van der Waals surface area contributed by atoms with Crippen molar-refractivity contribution in [1.29, 1.82) is 0 Å². The second kappa shape index (κ2) is 7.43. The Labute approximate surface area is 99.8 Å². The van der Waals surface area contributed by atoms with Crippen LogP contribution in [0.15, 0.2) is 17.1 Å². The van der Waals surface area contributed by atoms with Crippen LogP contribution in [0.5, 0.6) is 0 Å². The molecular formula is C11H18N4O2. The highest BCUT2D eigenvalue weighted by Gasteiger charge is 2.01. The van der Waals surface area contributed by atoms with Gasteiger partial charge in [0.15, 0.2) is 0 Å². The lowest BCUT2D eigenvalue weighted by molar-refractivity contribution is 0.251. The number of carbonyl (C=O) groups excluding carboxylic acids is 1. The van der Waals surface area contributed by atoms with E-state index in [9.17, 15) is 9.59 Å². The van der Waals surface area contributed by atoms with Crippen LogP contribution in [0, 0.1) is 0 Å². The van der Waals surface area contributed by atoms with Crippen LogP contribution < -0.4 is 16.2 Å². The molecule has 0 unspecified atom stereocenters. The predicted molar refractivity (Wildman–Crippen MR) is 66.0 cm³/mol. The first-order valence-corrected chi connectivity index (χ1v) is 5.82. The summed E-state index contributed by atoms with van der Waals surface area (Å²) in [6, 6.07) is 0.934. The molecule has 0 aromatic carbocycles. The van der Waals surface area contributed by atoms with Crippen molar-refractivity contribution in [2.75, 3.05) is 11.9 Å². The quantitative estimate of drug-likeness (QED) is 0.656. The molecule has 0 bridgehead atoms. The largest absolute Gasteiger partial charge is 0.338 e. The standard InChI is InChI=1S/C11H18N4O2/c1-2-3-4-5-7-13-11(17)15-10-12-8-6-9(16)14-10/h6,8H,2-5,7H2,1H3,(H3,12,13,14,15,16,17). The van der Waals surface area contributed by atoms with Gasteiger partial charge >= 0.3 is 6.03 Å². The number of anilines is 1. The third kappa shape index (κ3) is 5.70. The Morgan fingerprint density at radius 1 is 1.41 bits per heavy atom. The third-order valence-electron chi connectivity index (χ3n) is 2.22. The van der Waals surface area contributed by atoms with Gasteiger partial charge in [0.1, 0.15) is 0 Å². The number of H-pyrrole nitrogens is 1. The minimum Gasteiger partial charge on any atom is -0.338 e. The van der Waals surface area contributed by atoms with Crippen molar-refractivity contribution >= 4 is 12.0 Å². The van der Waals surface area contributed by atoms with E-state index in [1.54, 1.807) is 0 Å². The van der Waals surface area contributed by atoms with E-state index in [1.165, 1.54) is 25.1 Å². The summed E-state index contributed by atoms with van der Waals surface area (Å²) in [4.78, 5) is 28.5. The number of nitrogens with one attached hydrogen (secondary N) is 3. The number of aromatic amines is 1. The highest BCUT2D eigenvalue weighted by atomic mass is 16.2. The monoisotopic (exact) mass is 238 g/mol. The number of rotatable bonds is 6. The second-order valence-electron chi connectivity index (χ2n) is 3.72. The Kier molecular flexibility index (Phi) is 5.77. The van der Waals surface area contributed by atoms with E-state index in [0.717, 1.165) is 12.8 Å². The van der Waals surface area contributed by atoms with Gasteiger partial charge in [-0.05, 0) is 6.42 Å². The van der Waals surface area contributed by atoms with Crippen LogP contribution >= 0.6 is 0 Å². The Balaban J connectivity index is 2.23. The lowest BCUT2D eigenvalue weighted by Crippen LogP contribution is -2.30. The fourth-order valence-corrected chi connectivity index (χ4v) is 1.34. The SMILES string of the molecule is CCCCCCNC(=O)Nc1nccc(=O)[nH]1. The number of hydrogen-bond donors (Lipinski definition) is 3. The summed E-state index contributed by atoms with van der Waals surface area (Å²) in [5.74, 6) is 0.156. The highest BCUT2D eigenvalue weighted by molar-refractivity contribution is 5.87. The normalized spacial score (nSPS) is 9.94. The van der Waals surface area contributed by atoms with Crippen molar-refractivity contribution in [2.45, 2.75) is 32.6 Å². The Morgan fingerprint density at radius 2 is 2.24 bits per heavy atom. The van der Waals surface area contributed by atoms with Gasteiger partial charge in [-0.1, -0.05) is 26.2 Å². The summed E-state index contributed by atoms with van der Waals surface area (Å²) in [7, 11) is 0. The fraction of sp³-hybridized carbons (Fsp3) is 0.545. The van der Waals surface area contributed by atoms with Crippen LogP contribution in [0.4, 0.5) is 10.7 Å². The van der Waals surface area contributed by atoms with Crippen LogP contribution in [-0.2, 0) is 0 Å². The van der Waals surface area contributed by atoms with Gasteiger partial charge in [-0.3, -0.25) is 15.1 Å². The molecule has 0 aliphatic heterocycles. The van der Waals surface area contributed by atoms with Gasteiger partial charge in [0.05, 0.1) is 0 Å². The van der Waals surface area contributed by atoms with Crippen molar-refractivity contribution in [1.82, 2.24) is 15.3 Å². The van der Waals surface area contributed by atoms with E-state index in [0.29, 0.717) is 6.54 Å². The maximum Gasteiger partial charge on any atom is 0.321 e. The molecule has 0 spiro atoms. The molecule has 0 saturated carbocycles. The van der Waals surface area contributed by atoms with Gasteiger partial charge < -0.3 is 5.32 Å². The van der Waals surface area contributed by atoms with Crippen molar-refractivity contribution in [3.63, 3.8) is 0 Å². The van der Waals surface area contributed by atoms with Crippen molar-refractivity contribution < 1.29 is 4.79 Å². The predicted octanol–water partition coefficient (Wildman–Crippen LogP) is 1.47. The van der Waals surface area contributed by atoms with Crippen molar-refractivity contribution in [3.8, 4) is 0 Å². The minimum atomic E-state index is -0.351. The minimum absolute atomic E-state index is 0.156. The maximum atomic E-state index is 11.4. The average molecular weight is 238 g/mol. The maximum absolute atomic E-state index is 11.4. The molecule has 0 fully saturated rings. The number of amides is 2. The van der Waals surface area contributed by atoms with Gasteiger partial charge in [-0.15, -0.1) is 0 Å². The van der Waals surface area contributed by atoms with Crippen LogP contribution in [-0.4, -0.2) is 22.5 Å². The molecule has 1 aromatic rings. The second-order valence-corrected chi connectivity index (χ2v) is 3.72. The lowest BCUT2D eigenvalue weighted by atomic mass is 10.2. The molecule has 6 heteroatoms. The van der Waals surface area contributed by atoms with Crippen LogP contribution in [0.3, 0.4) is 0 Å². The number of hydrogen-bond acceptors (Lipinski definition) is 3. The van der Waals surface area contributed by atoms with Crippen LogP contribution in [0.1, 0.15) is 32.6 Å². The van der Waals surface area contributed by atoms with Gasteiger partial charge in [0.25, 0.3) is 5.56 Å². The molecule has 2 amide bonds. The molecule has 1 rings (SSSR count). The number of unbranched alkanes of at least 4 members (excludes halogenated alkanes) is 3. The van der Waals surface area contributed by atoms with E-state index in [2.05, 4.69) is 27.5 Å². The number of carbonyl (C=O) groups is 1. The summed E-state index contributed by atoms with van der Waals surface area (Å²) in [5.41, 5.74) is -0.293. The Hall–Kier alpha value is -1.85. The number of urea groups is 1. The smallest absolute Gasteiger partial charge is 0.321 e. The zero-order valence-corrected chi connectivity index (χ0v) is 9.95. The summed E-state index contributed by atoms with van der Waals surface area (Å²) in [6.07, 6.45) is 5.76. The first-order chi connectivity index (χ1) is 8.22. The molecule has 0 aliphatic carbocycles. The van der Waals surface area contributed by atoms with E-state index in [4.69, 9.17) is 0 Å². The molecule has 1 aromatic heterocycles. The molecule has 0 saturated heterocycles. The third-order valence-corrected chi connectivity index (χ3v) is 2.22. The fourth-order valence-electron chi connectivity index (χ4n) is 1.34. The van der Waals surface area contributed by atoms with Crippen LogP contribution in [0.2, 0.25) is 0 Å². The molecular weight excluding hydrogens is 220 g/mol. The first-order valence-electron chi connectivity index (χ1n) is 5.82. The van der Waals surface area contributed by atoms with E-state index in [-0.39, 0.29) is 17.5 Å². The Bertz CT molecular complexity index is 402. The van der Waals surface area contributed by atoms with Gasteiger partial charge in [0.2, 0.25) is 5.95 Å². The summed E-state index contributed by atoms with van der Waals surface area (Å²) >= 11 is 0. The lowest BCUT2D eigenvalue weighted by Gasteiger charge is -2.05. The van der Waals surface area contributed by atoms with E-state index in [1.807, 2.05) is 0 Å². The molecule has 6 nitrogen and oxygen atoms in total. The summed E-state index contributed by atoms with van der Waals surface area (Å²) in [5, 5.41) is 5.15. The Morgan fingerprint density at radius 3 is 2.94 bits per heavy atom.